The Bertz CT molecular complexity index is 1280. The smallest absolute Gasteiger partial charge is 0.119 e. The van der Waals surface area contributed by atoms with Crippen LogP contribution in [0.4, 0.5) is 5.69 Å². The highest BCUT2D eigenvalue weighted by molar-refractivity contribution is 6.00. The lowest BCUT2D eigenvalue weighted by molar-refractivity contribution is 0.169. The van der Waals surface area contributed by atoms with Crippen LogP contribution >= 0.6 is 0 Å². The number of rotatable bonds is 7. The average molecular weight is 499 g/mol. The van der Waals surface area contributed by atoms with E-state index in [0.29, 0.717) is 12.6 Å². The lowest BCUT2D eigenvalue weighted by Gasteiger charge is -2.41. The van der Waals surface area contributed by atoms with Crippen LogP contribution in [0, 0.1) is 5.92 Å². The minimum absolute atomic E-state index is 0.0390. The Morgan fingerprint density at radius 1 is 1.00 bits per heavy atom. The highest BCUT2D eigenvalue weighted by Crippen LogP contribution is 2.50. The Labute approximate surface area is 220 Å². The third-order valence-electron chi connectivity index (χ3n) is 7.95. The van der Waals surface area contributed by atoms with Crippen LogP contribution in [0.3, 0.4) is 0 Å². The van der Waals surface area contributed by atoms with Crippen LogP contribution in [0.1, 0.15) is 56.8 Å². The molecule has 2 heterocycles. The van der Waals surface area contributed by atoms with E-state index in [-0.39, 0.29) is 17.5 Å². The van der Waals surface area contributed by atoms with E-state index in [1.807, 2.05) is 30.3 Å². The molecule has 5 rings (SSSR count). The summed E-state index contributed by atoms with van der Waals surface area (Å²) < 4.78 is 6.20. The van der Waals surface area contributed by atoms with E-state index < -0.39 is 0 Å². The number of hydrogen-bond acceptors (Lipinski definition) is 5. The molecule has 3 atom stereocenters. The molecule has 0 bridgehead atoms. The number of hydrogen-bond donors (Lipinski definition) is 2. The molecule has 0 amide bonds. The molecule has 194 valence electrons. The molecule has 0 aromatic heterocycles. The van der Waals surface area contributed by atoms with Crippen molar-refractivity contribution in [3.8, 4) is 17.2 Å². The maximum Gasteiger partial charge on any atom is 0.119 e. The van der Waals surface area contributed by atoms with Crippen molar-refractivity contribution in [3.05, 3.63) is 83.4 Å². The topological polar surface area (TPSA) is 56.2 Å². The van der Waals surface area contributed by atoms with E-state index >= 15 is 0 Å². The molecule has 37 heavy (non-hydrogen) atoms. The van der Waals surface area contributed by atoms with Crippen molar-refractivity contribution < 1.29 is 14.9 Å². The number of benzene rings is 3. The summed E-state index contributed by atoms with van der Waals surface area (Å²) in [6.45, 7) is 12.6. The zero-order valence-electron chi connectivity index (χ0n) is 22.3. The van der Waals surface area contributed by atoms with Crippen molar-refractivity contribution in [2.24, 2.45) is 5.92 Å². The van der Waals surface area contributed by atoms with Gasteiger partial charge in [0.05, 0.1) is 6.04 Å². The van der Waals surface area contributed by atoms with Gasteiger partial charge in [0.2, 0.25) is 0 Å². The largest absolute Gasteiger partial charge is 0.508 e. The number of ether oxygens (including phenoxy) is 1. The highest BCUT2D eigenvalue weighted by Gasteiger charge is 2.33. The summed E-state index contributed by atoms with van der Waals surface area (Å²) >= 11 is 0. The summed E-state index contributed by atoms with van der Waals surface area (Å²) in [6, 6.07) is 21.9. The number of nitrogens with zero attached hydrogens (tertiary/aromatic N) is 2. The van der Waals surface area contributed by atoms with Crippen molar-refractivity contribution in [2.45, 2.75) is 46.2 Å². The van der Waals surface area contributed by atoms with E-state index in [0.717, 1.165) is 64.8 Å². The third-order valence-corrected chi connectivity index (χ3v) is 7.95. The highest BCUT2D eigenvalue weighted by atomic mass is 16.5. The number of aromatic hydroxyl groups is 2. The normalized spacial score (nSPS) is 20.7. The summed E-state index contributed by atoms with van der Waals surface area (Å²) in [4.78, 5) is 4.89. The van der Waals surface area contributed by atoms with Crippen LogP contribution in [-0.2, 0) is 0 Å². The summed E-state index contributed by atoms with van der Waals surface area (Å²) in [6.07, 6.45) is 1.27. The van der Waals surface area contributed by atoms with Gasteiger partial charge in [-0.15, -0.1) is 0 Å². The Hall–Kier alpha value is -3.44. The molecule has 1 fully saturated rings. The van der Waals surface area contributed by atoms with Gasteiger partial charge in [-0.1, -0.05) is 31.2 Å². The fourth-order valence-corrected chi connectivity index (χ4v) is 5.91. The second-order valence-corrected chi connectivity index (χ2v) is 10.6. The Morgan fingerprint density at radius 2 is 1.76 bits per heavy atom. The lowest BCUT2D eigenvalue weighted by Crippen LogP contribution is -2.35. The molecule has 0 saturated carbocycles. The molecule has 2 aliphatic rings. The van der Waals surface area contributed by atoms with Gasteiger partial charge >= 0.3 is 0 Å². The van der Waals surface area contributed by atoms with Crippen LogP contribution in [0.5, 0.6) is 17.2 Å². The Balaban J connectivity index is 1.47. The zero-order valence-corrected chi connectivity index (χ0v) is 22.3. The van der Waals surface area contributed by atoms with Gasteiger partial charge in [0.1, 0.15) is 23.9 Å². The molecule has 0 radical (unpaired) electrons. The molecule has 1 unspecified atom stereocenters. The third kappa shape index (κ3) is 5.05. The van der Waals surface area contributed by atoms with E-state index in [4.69, 9.17) is 4.74 Å². The lowest BCUT2D eigenvalue weighted by atomic mass is 9.81. The molecule has 5 heteroatoms. The first-order chi connectivity index (χ1) is 17.9. The first kappa shape index (κ1) is 25.2. The average Bonchev–Trinajstić information content (AvgIpc) is 3.34. The van der Waals surface area contributed by atoms with E-state index in [2.05, 4.69) is 61.8 Å². The number of likely N-dealkylation sites (N-methyl/N-ethyl adjacent to an activating group) is 1. The van der Waals surface area contributed by atoms with Gasteiger partial charge in [0.15, 0.2) is 0 Å². The van der Waals surface area contributed by atoms with Crippen molar-refractivity contribution in [1.82, 2.24) is 4.90 Å². The number of likely N-dealkylation sites (tertiary alicyclic amines) is 1. The predicted octanol–water partition coefficient (Wildman–Crippen LogP) is 6.72. The van der Waals surface area contributed by atoms with Crippen LogP contribution < -0.4 is 9.64 Å². The van der Waals surface area contributed by atoms with Gasteiger partial charge in [-0.05, 0) is 104 Å². The monoisotopic (exact) mass is 498 g/mol. The Kier molecular flexibility index (Phi) is 7.16. The van der Waals surface area contributed by atoms with Gasteiger partial charge in [-0.25, -0.2) is 0 Å². The molecule has 3 aromatic carbocycles. The Morgan fingerprint density at radius 3 is 2.43 bits per heavy atom. The fraction of sp³-hybridized carbons (Fsp3) is 0.375. The molecular weight excluding hydrogens is 460 g/mol. The number of allylic oxidation sites excluding steroid dienone is 1. The molecule has 2 aliphatic heterocycles. The van der Waals surface area contributed by atoms with Gasteiger partial charge in [0, 0.05) is 30.4 Å². The van der Waals surface area contributed by atoms with E-state index in [1.54, 1.807) is 12.1 Å². The summed E-state index contributed by atoms with van der Waals surface area (Å²) in [7, 11) is 0. The number of anilines is 1. The molecule has 2 N–H and O–H groups in total. The van der Waals surface area contributed by atoms with E-state index in [1.165, 1.54) is 6.42 Å². The zero-order chi connectivity index (χ0) is 26.1. The maximum atomic E-state index is 10.3. The summed E-state index contributed by atoms with van der Waals surface area (Å²) in [5.41, 5.74) is 6.47. The molecule has 0 aliphatic carbocycles. The molecule has 3 aromatic rings. The summed E-state index contributed by atoms with van der Waals surface area (Å²) in [5.74, 6) is 2.14. The SMILES string of the molecule is CCN1c2ccc(O)cc2C(C)=C(c2cccc(O)c2)C1c1ccc(OC[C@H](C)N2CC[C@@H](C)C2)cc1. The maximum absolute atomic E-state index is 10.3. The second-order valence-electron chi connectivity index (χ2n) is 10.6. The first-order valence-electron chi connectivity index (χ1n) is 13.4. The predicted molar refractivity (Wildman–Crippen MR) is 151 cm³/mol. The van der Waals surface area contributed by atoms with E-state index in [9.17, 15) is 10.2 Å². The summed E-state index contributed by atoms with van der Waals surface area (Å²) in [5, 5.41) is 20.5. The molecule has 5 nitrogen and oxygen atoms in total. The van der Waals surface area contributed by atoms with Crippen LogP contribution in [0.25, 0.3) is 11.1 Å². The molecular formula is C32H38N2O3. The number of phenols is 2. The number of phenolic OH excluding ortho intramolecular Hbond substituents is 2. The van der Waals surface area contributed by atoms with Crippen molar-refractivity contribution in [1.29, 1.82) is 0 Å². The fourth-order valence-electron chi connectivity index (χ4n) is 5.91. The van der Waals surface area contributed by atoms with Crippen molar-refractivity contribution in [3.63, 3.8) is 0 Å². The second kappa shape index (κ2) is 10.5. The minimum Gasteiger partial charge on any atom is -0.508 e. The molecule has 0 spiro atoms. The van der Waals surface area contributed by atoms with Crippen LogP contribution in [0.15, 0.2) is 66.7 Å². The van der Waals surface area contributed by atoms with Gasteiger partial charge < -0.3 is 19.8 Å². The van der Waals surface area contributed by atoms with Gasteiger partial charge in [-0.3, -0.25) is 4.90 Å². The standard InChI is InChI=1S/C32H38N2O3/c1-5-34-30-14-11-27(36)18-29(30)23(4)31(25-7-6-8-26(35)17-25)32(34)24-9-12-28(13-10-24)37-20-22(3)33-16-15-21(2)19-33/h6-14,17-18,21-22,32,35-36H,5,15-16,19-20H2,1-4H3/t21-,22+,32?/m1/s1. The number of fused-ring (bicyclic) bond motifs is 1. The van der Waals surface area contributed by atoms with Crippen molar-refractivity contribution in [2.75, 3.05) is 31.1 Å². The van der Waals surface area contributed by atoms with Crippen LogP contribution in [0.2, 0.25) is 0 Å². The van der Waals surface area contributed by atoms with Gasteiger partial charge in [0.25, 0.3) is 0 Å². The van der Waals surface area contributed by atoms with Crippen LogP contribution in [-0.4, -0.2) is 47.4 Å². The van der Waals surface area contributed by atoms with Gasteiger partial charge in [-0.2, -0.15) is 0 Å². The molecule has 1 saturated heterocycles. The minimum atomic E-state index is -0.0390. The quantitative estimate of drug-likeness (QED) is 0.379. The van der Waals surface area contributed by atoms with Crippen molar-refractivity contribution >= 4 is 16.8 Å². The first-order valence-corrected chi connectivity index (χ1v) is 13.4.